The summed E-state index contributed by atoms with van der Waals surface area (Å²) in [5, 5.41) is 0.871. The van der Waals surface area contributed by atoms with Gasteiger partial charge in [-0.15, -0.1) is 0 Å². The average molecular weight is 469 g/mol. The van der Waals surface area contributed by atoms with Crippen LogP contribution in [0.1, 0.15) is 56.4 Å². The number of nitrogens with zero attached hydrogens (tertiary/aromatic N) is 2. The van der Waals surface area contributed by atoms with E-state index in [9.17, 15) is 4.79 Å². The fraction of sp³-hybridized carbons (Fsp3) is 0.321. The van der Waals surface area contributed by atoms with E-state index in [4.69, 9.17) is 9.98 Å². The summed E-state index contributed by atoms with van der Waals surface area (Å²) in [7, 11) is 0. The molecule has 4 aromatic rings. The minimum atomic E-state index is -0.188. The van der Waals surface area contributed by atoms with Gasteiger partial charge in [0.05, 0.1) is 22.6 Å². The Labute approximate surface area is 203 Å². The Kier molecular flexibility index (Phi) is 5.03. The molecule has 0 radical (unpaired) electrons. The molecule has 6 heteroatoms. The van der Waals surface area contributed by atoms with Gasteiger partial charge in [-0.1, -0.05) is 56.8 Å². The lowest BCUT2D eigenvalue weighted by Gasteiger charge is -2.40. The van der Waals surface area contributed by atoms with Gasteiger partial charge in [-0.2, -0.15) is 0 Å². The second-order valence-corrected chi connectivity index (χ2v) is 11.3. The van der Waals surface area contributed by atoms with Crippen LogP contribution < -0.4 is 0 Å². The molecule has 1 aliphatic heterocycles. The Bertz CT molecular complexity index is 1410. The lowest BCUT2D eigenvalue weighted by atomic mass is 9.64. The van der Waals surface area contributed by atoms with E-state index in [1.165, 1.54) is 0 Å². The van der Waals surface area contributed by atoms with Gasteiger partial charge < -0.3 is 9.97 Å². The number of fused-ring (bicyclic) bond motifs is 3. The molecule has 2 unspecified atom stereocenters. The number of carbonyl (C=O) groups excluding carboxylic acids is 1. The van der Waals surface area contributed by atoms with Gasteiger partial charge in [0, 0.05) is 40.4 Å². The number of carbonyl (C=O) groups is 1. The van der Waals surface area contributed by atoms with Crippen LogP contribution in [0.5, 0.6) is 0 Å². The molecule has 0 bridgehead atoms. The third-order valence-electron chi connectivity index (χ3n) is 7.06. The molecule has 2 aromatic carbocycles. The molecule has 5 nitrogen and oxygen atoms in total. The Hall–Kier alpha value is -3.12. The SMILES string of the molecule is CCc1[nH]cc2c1N=C1CC(C)(C)CC(=O)C1C2c1cccc(Sc2nc3ccccc3[nH]2)c1. The minimum Gasteiger partial charge on any atom is -0.363 e. The highest BCUT2D eigenvalue weighted by Crippen LogP contribution is 2.50. The first-order valence-corrected chi connectivity index (χ1v) is 12.8. The van der Waals surface area contributed by atoms with E-state index in [2.05, 4.69) is 61.2 Å². The summed E-state index contributed by atoms with van der Waals surface area (Å²) < 4.78 is 0. The van der Waals surface area contributed by atoms with Crippen LogP contribution in [0.25, 0.3) is 11.0 Å². The fourth-order valence-corrected chi connectivity index (χ4v) is 6.46. The van der Waals surface area contributed by atoms with Gasteiger partial charge in [-0.3, -0.25) is 9.79 Å². The number of aliphatic imine (C=N–C) groups is 1. The second kappa shape index (κ2) is 7.98. The molecule has 0 amide bonds. The van der Waals surface area contributed by atoms with Crippen molar-refractivity contribution in [2.24, 2.45) is 16.3 Å². The maximum absolute atomic E-state index is 13.5. The summed E-state index contributed by atoms with van der Waals surface area (Å²) in [6.07, 6.45) is 4.43. The summed E-state index contributed by atoms with van der Waals surface area (Å²) in [4.78, 5) is 31.2. The van der Waals surface area contributed by atoms with Crippen molar-refractivity contribution in [3.05, 3.63) is 71.5 Å². The number of aryl methyl sites for hydroxylation is 1. The van der Waals surface area contributed by atoms with Gasteiger partial charge in [0.15, 0.2) is 5.16 Å². The molecule has 2 aromatic heterocycles. The highest BCUT2D eigenvalue weighted by Gasteiger charge is 2.46. The van der Waals surface area contributed by atoms with Gasteiger partial charge in [-0.05, 0) is 48.1 Å². The van der Waals surface area contributed by atoms with Crippen molar-refractivity contribution in [1.82, 2.24) is 15.0 Å². The Morgan fingerprint density at radius 1 is 1.09 bits per heavy atom. The first-order valence-electron chi connectivity index (χ1n) is 11.9. The van der Waals surface area contributed by atoms with E-state index >= 15 is 0 Å². The largest absolute Gasteiger partial charge is 0.363 e. The zero-order valence-electron chi connectivity index (χ0n) is 19.7. The van der Waals surface area contributed by atoms with Crippen molar-refractivity contribution < 1.29 is 4.79 Å². The molecule has 34 heavy (non-hydrogen) atoms. The fourth-order valence-electron chi connectivity index (χ4n) is 5.59. The lowest BCUT2D eigenvalue weighted by molar-refractivity contribution is -0.124. The molecule has 2 aliphatic rings. The standard InChI is InChI=1S/C28H28N4OS/c1-4-19-26-18(15-29-19)24(25-22(30-26)13-28(2,3)14-23(25)33)16-8-7-9-17(12-16)34-27-31-20-10-5-6-11-21(20)32-27/h5-12,15,24-25,29H,4,13-14H2,1-3H3,(H,31,32). The Balaban J connectivity index is 1.41. The molecule has 0 spiro atoms. The summed E-state index contributed by atoms with van der Waals surface area (Å²) in [6, 6.07) is 16.7. The predicted molar refractivity (Wildman–Crippen MR) is 137 cm³/mol. The van der Waals surface area contributed by atoms with Crippen LogP contribution in [-0.2, 0) is 11.2 Å². The van der Waals surface area contributed by atoms with Crippen LogP contribution in [0, 0.1) is 11.3 Å². The number of aromatic nitrogens is 3. The predicted octanol–water partition coefficient (Wildman–Crippen LogP) is 6.83. The summed E-state index contributed by atoms with van der Waals surface area (Å²) >= 11 is 1.62. The monoisotopic (exact) mass is 468 g/mol. The molecular formula is C28H28N4OS. The smallest absolute Gasteiger partial charge is 0.171 e. The number of para-hydroxylation sites is 2. The number of aromatic amines is 2. The first kappa shape index (κ1) is 21.4. The quantitative estimate of drug-likeness (QED) is 0.345. The van der Waals surface area contributed by atoms with Crippen LogP contribution in [0.4, 0.5) is 5.69 Å². The number of imidazole rings is 1. The van der Waals surface area contributed by atoms with Gasteiger partial charge >= 0.3 is 0 Å². The van der Waals surface area contributed by atoms with Crippen molar-refractivity contribution in [3.63, 3.8) is 0 Å². The summed E-state index contributed by atoms with van der Waals surface area (Å²) in [5.74, 6) is 0.103. The van der Waals surface area contributed by atoms with E-state index in [1.807, 2.05) is 24.3 Å². The van der Waals surface area contributed by atoms with Crippen LogP contribution in [-0.4, -0.2) is 26.4 Å². The van der Waals surface area contributed by atoms with Crippen molar-refractivity contribution in [2.75, 3.05) is 0 Å². The molecular weight excluding hydrogens is 440 g/mol. The third kappa shape index (κ3) is 3.61. The van der Waals surface area contributed by atoms with Gasteiger partial charge in [0.1, 0.15) is 5.78 Å². The average Bonchev–Trinajstić information content (AvgIpc) is 3.40. The highest BCUT2D eigenvalue weighted by molar-refractivity contribution is 7.99. The molecule has 3 heterocycles. The number of rotatable bonds is 4. The first-order chi connectivity index (χ1) is 16.4. The maximum Gasteiger partial charge on any atom is 0.171 e. The van der Waals surface area contributed by atoms with Crippen LogP contribution in [0.3, 0.4) is 0 Å². The molecule has 1 aliphatic carbocycles. The molecule has 172 valence electrons. The lowest BCUT2D eigenvalue weighted by Crippen LogP contribution is -2.42. The molecule has 2 atom stereocenters. The highest BCUT2D eigenvalue weighted by atomic mass is 32.2. The van der Waals surface area contributed by atoms with E-state index < -0.39 is 0 Å². The summed E-state index contributed by atoms with van der Waals surface area (Å²) in [6.45, 7) is 6.50. The Morgan fingerprint density at radius 3 is 2.76 bits per heavy atom. The summed E-state index contributed by atoms with van der Waals surface area (Å²) in [5.41, 5.74) is 7.50. The normalized spacial score (nSPS) is 21.3. The zero-order chi connectivity index (χ0) is 23.4. The number of Topliss-reactive ketones (excluding diaryl/α,β-unsaturated/α-hetero) is 1. The molecule has 1 saturated carbocycles. The number of H-pyrrole nitrogens is 2. The second-order valence-electron chi connectivity index (χ2n) is 10.2. The van der Waals surface area contributed by atoms with E-state index in [0.29, 0.717) is 12.2 Å². The Morgan fingerprint density at radius 2 is 1.94 bits per heavy atom. The number of nitrogens with one attached hydrogen (secondary N) is 2. The van der Waals surface area contributed by atoms with Crippen LogP contribution in [0.15, 0.2) is 69.8 Å². The van der Waals surface area contributed by atoms with Crippen molar-refractivity contribution in [2.45, 2.75) is 56.0 Å². The number of ketones is 1. The van der Waals surface area contributed by atoms with Gasteiger partial charge in [-0.25, -0.2) is 4.98 Å². The van der Waals surface area contributed by atoms with E-state index in [-0.39, 0.29) is 17.3 Å². The maximum atomic E-state index is 13.5. The molecule has 0 saturated heterocycles. The van der Waals surface area contributed by atoms with Gasteiger partial charge in [0.2, 0.25) is 0 Å². The zero-order valence-corrected chi connectivity index (χ0v) is 20.5. The third-order valence-corrected chi connectivity index (χ3v) is 7.93. The van der Waals surface area contributed by atoms with Crippen LogP contribution in [0.2, 0.25) is 0 Å². The van der Waals surface area contributed by atoms with Gasteiger partial charge in [0.25, 0.3) is 0 Å². The topological polar surface area (TPSA) is 73.9 Å². The van der Waals surface area contributed by atoms with Crippen molar-refractivity contribution in [3.8, 4) is 0 Å². The molecule has 1 fully saturated rings. The number of benzene rings is 2. The molecule has 6 rings (SSSR count). The van der Waals surface area contributed by atoms with Crippen molar-refractivity contribution >= 4 is 40.0 Å². The van der Waals surface area contributed by atoms with E-state index in [1.54, 1.807) is 11.8 Å². The number of hydrogen-bond donors (Lipinski definition) is 2. The number of hydrogen-bond acceptors (Lipinski definition) is 4. The van der Waals surface area contributed by atoms with Crippen molar-refractivity contribution in [1.29, 1.82) is 0 Å². The molecule has 2 N–H and O–H groups in total. The van der Waals surface area contributed by atoms with Crippen LogP contribution >= 0.6 is 11.8 Å². The minimum absolute atomic E-state index is 0.0149. The van der Waals surface area contributed by atoms with E-state index in [0.717, 1.165) is 62.1 Å².